The van der Waals surface area contributed by atoms with Crippen molar-refractivity contribution in [1.29, 1.82) is 0 Å². The number of amides is 2. The number of piperidine rings is 1. The number of hydrogen-bond acceptors (Lipinski definition) is 3. The van der Waals surface area contributed by atoms with Crippen molar-refractivity contribution in [3.05, 3.63) is 23.8 Å². The van der Waals surface area contributed by atoms with Crippen LogP contribution in [0.2, 0.25) is 0 Å². The van der Waals surface area contributed by atoms with E-state index in [1.54, 1.807) is 0 Å². The summed E-state index contributed by atoms with van der Waals surface area (Å²) in [7, 11) is 0. The standard InChI is InChI=1S/C16H23N3O2/c1-3-15(20)18-13-7-6-11(2)14(9-13)19-16(21)12-5-4-8-17-10-12/h6-7,9,12,17H,3-5,8,10H2,1-2H3,(H,18,20)(H,19,21). The number of carbonyl (C=O) groups excluding carboxylic acids is 2. The number of hydrogen-bond donors (Lipinski definition) is 3. The fourth-order valence-electron chi connectivity index (χ4n) is 2.39. The molecule has 3 N–H and O–H groups in total. The van der Waals surface area contributed by atoms with Crippen LogP contribution in [0.5, 0.6) is 0 Å². The van der Waals surface area contributed by atoms with E-state index >= 15 is 0 Å². The van der Waals surface area contributed by atoms with E-state index < -0.39 is 0 Å². The first-order valence-electron chi connectivity index (χ1n) is 7.52. The van der Waals surface area contributed by atoms with Crippen LogP contribution in [0.3, 0.4) is 0 Å². The van der Waals surface area contributed by atoms with Crippen LogP contribution in [0.25, 0.3) is 0 Å². The van der Waals surface area contributed by atoms with Crippen LogP contribution in [0, 0.1) is 12.8 Å². The van der Waals surface area contributed by atoms with E-state index in [9.17, 15) is 9.59 Å². The Morgan fingerprint density at radius 3 is 2.81 bits per heavy atom. The molecule has 1 atom stereocenters. The Kier molecular flexibility index (Phi) is 5.33. The molecule has 5 nitrogen and oxygen atoms in total. The predicted octanol–water partition coefficient (Wildman–Crippen LogP) is 2.28. The van der Waals surface area contributed by atoms with Gasteiger partial charge in [-0.15, -0.1) is 0 Å². The molecule has 0 aliphatic carbocycles. The lowest BCUT2D eigenvalue weighted by Crippen LogP contribution is -2.37. The van der Waals surface area contributed by atoms with Crippen LogP contribution in [0.4, 0.5) is 11.4 Å². The van der Waals surface area contributed by atoms with Crippen molar-refractivity contribution in [2.24, 2.45) is 5.92 Å². The molecule has 1 fully saturated rings. The molecule has 0 bridgehead atoms. The Bertz CT molecular complexity index is 522. The van der Waals surface area contributed by atoms with Gasteiger partial charge in [0, 0.05) is 24.3 Å². The van der Waals surface area contributed by atoms with Crippen LogP contribution in [0.1, 0.15) is 31.7 Å². The maximum absolute atomic E-state index is 12.3. The largest absolute Gasteiger partial charge is 0.326 e. The van der Waals surface area contributed by atoms with E-state index in [1.807, 2.05) is 32.0 Å². The lowest BCUT2D eigenvalue weighted by molar-refractivity contribution is -0.120. The maximum atomic E-state index is 12.3. The van der Waals surface area contributed by atoms with Gasteiger partial charge in [0.2, 0.25) is 11.8 Å². The summed E-state index contributed by atoms with van der Waals surface area (Å²) in [5.74, 6) is 0.0314. The van der Waals surface area contributed by atoms with Gasteiger partial charge >= 0.3 is 0 Å². The van der Waals surface area contributed by atoms with E-state index in [0.29, 0.717) is 12.1 Å². The van der Waals surface area contributed by atoms with Gasteiger partial charge in [-0.2, -0.15) is 0 Å². The van der Waals surface area contributed by atoms with Crippen molar-refractivity contribution in [1.82, 2.24) is 5.32 Å². The molecule has 1 heterocycles. The minimum absolute atomic E-state index is 0.0204. The van der Waals surface area contributed by atoms with Crippen LogP contribution in [-0.4, -0.2) is 24.9 Å². The van der Waals surface area contributed by atoms with E-state index in [4.69, 9.17) is 0 Å². The maximum Gasteiger partial charge on any atom is 0.228 e. The van der Waals surface area contributed by atoms with Crippen LogP contribution in [0.15, 0.2) is 18.2 Å². The average molecular weight is 289 g/mol. The summed E-state index contributed by atoms with van der Waals surface area (Å²) >= 11 is 0. The Morgan fingerprint density at radius 1 is 1.33 bits per heavy atom. The summed E-state index contributed by atoms with van der Waals surface area (Å²) in [5.41, 5.74) is 2.46. The highest BCUT2D eigenvalue weighted by Gasteiger charge is 2.21. The van der Waals surface area contributed by atoms with Crippen molar-refractivity contribution in [3.8, 4) is 0 Å². The summed E-state index contributed by atoms with van der Waals surface area (Å²) in [5, 5.41) is 9.03. The lowest BCUT2D eigenvalue weighted by Gasteiger charge is -2.22. The van der Waals surface area contributed by atoms with Crippen molar-refractivity contribution in [2.75, 3.05) is 23.7 Å². The minimum atomic E-state index is -0.0346. The van der Waals surface area contributed by atoms with Gasteiger partial charge in [0.15, 0.2) is 0 Å². The molecule has 1 aliphatic rings. The van der Waals surface area contributed by atoms with Gasteiger partial charge in [0.25, 0.3) is 0 Å². The molecule has 21 heavy (non-hydrogen) atoms. The van der Waals surface area contributed by atoms with Crippen molar-refractivity contribution in [3.63, 3.8) is 0 Å². The second-order valence-corrected chi connectivity index (χ2v) is 5.46. The fraction of sp³-hybridized carbons (Fsp3) is 0.500. The Balaban J connectivity index is 2.05. The van der Waals surface area contributed by atoms with Crippen molar-refractivity contribution < 1.29 is 9.59 Å². The van der Waals surface area contributed by atoms with E-state index in [-0.39, 0.29) is 17.7 Å². The minimum Gasteiger partial charge on any atom is -0.326 e. The van der Waals surface area contributed by atoms with E-state index in [2.05, 4.69) is 16.0 Å². The molecule has 1 aromatic rings. The average Bonchev–Trinajstić information content (AvgIpc) is 2.51. The topological polar surface area (TPSA) is 70.2 Å². The second kappa shape index (κ2) is 7.22. The zero-order valence-electron chi connectivity index (χ0n) is 12.7. The number of carbonyl (C=O) groups is 2. The van der Waals surface area contributed by atoms with Gasteiger partial charge < -0.3 is 16.0 Å². The number of nitrogens with one attached hydrogen (secondary N) is 3. The Morgan fingerprint density at radius 2 is 2.14 bits per heavy atom. The highest BCUT2D eigenvalue weighted by molar-refractivity contribution is 5.95. The monoisotopic (exact) mass is 289 g/mol. The van der Waals surface area contributed by atoms with Gasteiger partial charge in [-0.25, -0.2) is 0 Å². The summed E-state index contributed by atoms with van der Waals surface area (Å²) in [6.45, 7) is 5.47. The summed E-state index contributed by atoms with van der Waals surface area (Å²) in [6, 6.07) is 5.57. The molecule has 2 rings (SSSR count). The van der Waals surface area contributed by atoms with Crippen LogP contribution >= 0.6 is 0 Å². The third kappa shape index (κ3) is 4.29. The van der Waals surface area contributed by atoms with Gasteiger partial charge in [-0.1, -0.05) is 13.0 Å². The SMILES string of the molecule is CCC(=O)Nc1ccc(C)c(NC(=O)C2CCCNC2)c1. The first-order chi connectivity index (χ1) is 10.1. The molecule has 2 amide bonds. The number of anilines is 2. The molecule has 1 aliphatic heterocycles. The molecule has 1 saturated heterocycles. The van der Waals surface area contributed by atoms with Gasteiger partial charge in [0.05, 0.1) is 5.92 Å². The number of aryl methyl sites for hydroxylation is 1. The molecular weight excluding hydrogens is 266 g/mol. The molecule has 5 heteroatoms. The van der Waals surface area contributed by atoms with Crippen LogP contribution < -0.4 is 16.0 Å². The molecule has 114 valence electrons. The van der Waals surface area contributed by atoms with Crippen molar-refractivity contribution in [2.45, 2.75) is 33.1 Å². The Hall–Kier alpha value is -1.88. The number of benzene rings is 1. The predicted molar refractivity (Wildman–Crippen MR) is 84.3 cm³/mol. The highest BCUT2D eigenvalue weighted by Crippen LogP contribution is 2.22. The van der Waals surface area contributed by atoms with Crippen molar-refractivity contribution >= 4 is 23.2 Å². The molecular formula is C16H23N3O2. The summed E-state index contributed by atoms with van der Waals surface area (Å²) in [4.78, 5) is 23.7. The molecule has 0 aromatic heterocycles. The molecule has 1 aromatic carbocycles. The molecule has 0 spiro atoms. The van der Waals surface area contributed by atoms with Crippen LogP contribution in [-0.2, 0) is 9.59 Å². The van der Waals surface area contributed by atoms with E-state index in [1.165, 1.54) is 0 Å². The highest BCUT2D eigenvalue weighted by atomic mass is 16.2. The van der Waals surface area contributed by atoms with E-state index in [0.717, 1.165) is 37.2 Å². The summed E-state index contributed by atoms with van der Waals surface area (Å²) in [6.07, 6.45) is 2.39. The zero-order chi connectivity index (χ0) is 15.2. The first-order valence-corrected chi connectivity index (χ1v) is 7.52. The second-order valence-electron chi connectivity index (χ2n) is 5.46. The molecule has 0 saturated carbocycles. The summed E-state index contributed by atoms with van der Waals surface area (Å²) < 4.78 is 0. The zero-order valence-corrected chi connectivity index (χ0v) is 12.7. The Labute approximate surface area is 125 Å². The van der Waals surface area contributed by atoms with Gasteiger partial charge in [0.1, 0.15) is 0 Å². The normalized spacial score (nSPS) is 18.1. The van der Waals surface area contributed by atoms with Gasteiger partial charge in [-0.3, -0.25) is 9.59 Å². The first kappa shape index (κ1) is 15.5. The molecule has 0 radical (unpaired) electrons. The smallest absolute Gasteiger partial charge is 0.228 e. The number of rotatable bonds is 4. The van der Waals surface area contributed by atoms with Gasteiger partial charge in [-0.05, 0) is 44.0 Å². The third-order valence-electron chi connectivity index (χ3n) is 3.77. The fourth-order valence-corrected chi connectivity index (χ4v) is 2.39. The lowest BCUT2D eigenvalue weighted by atomic mass is 9.98. The quantitative estimate of drug-likeness (QED) is 0.796. The molecule has 1 unspecified atom stereocenters. The third-order valence-corrected chi connectivity index (χ3v) is 3.77.